The van der Waals surface area contributed by atoms with Crippen molar-refractivity contribution in [2.75, 3.05) is 19.8 Å². The van der Waals surface area contributed by atoms with Crippen LogP contribution in [0.4, 0.5) is 0 Å². The molecule has 0 fully saturated rings. The molecule has 0 aliphatic rings. The minimum Gasteiger partial charge on any atom is -0.480 e. The predicted molar refractivity (Wildman–Crippen MR) is 249 cm³/mol. The topological polar surface area (TPSA) is 169 Å². The fourth-order valence-corrected chi connectivity index (χ4v) is 7.17. The Bertz CT molecular complexity index is 1260. The predicted octanol–water partition coefficient (Wildman–Crippen LogP) is 12.7. The van der Waals surface area contributed by atoms with Crippen LogP contribution in [0.25, 0.3) is 0 Å². The third kappa shape index (κ3) is 43.6. The molecule has 3 unspecified atom stereocenters. The van der Waals surface area contributed by atoms with Crippen LogP contribution in [-0.4, -0.2) is 64.9 Å². The van der Waals surface area contributed by atoms with Crippen molar-refractivity contribution in [3.05, 3.63) is 60.8 Å². The van der Waals surface area contributed by atoms with Gasteiger partial charge in [-0.1, -0.05) is 190 Å². The van der Waals surface area contributed by atoms with Crippen LogP contribution < -0.4 is 5.32 Å². The average Bonchev–Trinajstić information content (AvgIpc) is 3.24. The molecule has 4 N–H and O–H groups in total. The Kier molecular flexibility index (Phi) is 41.8. The fraction of sp³-hybridized carbons (Fsp3) is 0.735. The zero-order chi connectivity index (χ0) is 44.9. The van der Waals surface area contributed by atoms with Crippen LogP contribution in [0.15, 0.2) is 60.8 Å². The molecule has 0 radical (unpaired) electrons. The summed E-state index contributed by atoms with van der Waals surface area (Å²) in [7, 11) is -4.77. The van der Waals surface area contributed by atoms with Gasteiger partial charge in [0.25, 0.3) is 0 Å². The van der Waals surface area contributed by atoms with E-state index in [1.807, 2.05) is 0 Å². The molecule has 0 aromatic rings. The maximum atomic E-state index is 12.3. The van der Waals surface area contributed by atoms with Gasteiger partial charge in [0.1, 0.15) is 12.7 Å². The normalized spacial score (nSPS) is 14.2. The number of carboxylic acids is 1. The third-order valence-electron chi connectivity index (χ3n) is 10.1. The summed E-state index contributed by atoms with van der Waals surface area (Å²) in [5, 5.41) is 21.9. The highest BCUT2D eigenvalue weighted by atomic mass is 31.2. The van der Waals surface area contributed by atoms with E-state index in [1.165, 1.54) is 89.9 Å². The van der Waals surface area contributed by atoms with E-state index in [-0.39, 0.29) is 12.8 Å². The maximum Gasteiger partial charge on any atom is 0.472 e. The van der Waals surface area contributed by atoms with Crippen molar-refractivity contribution < 1.29 is 47.8 Å². The van der Waals surface area contributed by atoms with Gasteiger partial charge in [-0.3, -0.25) is 18.6 Å². The minimum absolute atomic E-state index is 0.104. The summed E-state index contributed by atoms with van der Waals surface area (Å²) in [5.41, 5.74) is 0. The average molecular weight is 880 g/mol. The molecule has 352 valence electrons. The molecular formula is C49H86NO10P. The van der Waals surface area contributed by atoms with Crippen LogP contribution in [0.3, 0.4) is 0 Å². The second-order valence-electron chi connectivity index (χ2n) is 15.9. The van der Waals surface area contributed by atoms with Crippen molar-refractivity contribution in [1.82, 2.24) is 5.32 Å². The highest BCUT2D eigenvalue weighted by Gasteiger charge is 2.28. The van der Waals surface area contributed by atoms with Gasteiger partial charge in [0, 0.05) is 12.8 Å². The molecule has 0 spiro atoms. The summed E-state index contributed by atoms with van der Waals surface area (Å²) in [4.78, 5) is 46.0. The highest BCUT2D eigenvalue weighted by Crippen LogP contribution is 2.43. The lowest BCUT2D eigenvalue weighted by atomic mass is 10.0. The monoisotopic (exact) mass is 880 g/mol. The molecule has 0 heterocycles. The van der Waals surface area contributed by atoms with Gasteiger partial charge in [0.2, 0.25) is 5.91 Å². The number of phosphoric ester groups is 1. The number of amides is 1. The van der Waals surface area contributed by atoms with Gasteiger partial charge < -0.3 is 25.2 Å². The first-order chi connectivity index (χ1) is 29.6. The fourth-order valence-electron chi connectivity index (χ4n) is 6.40. The quantitative estimate of drug-likeness (QED) is 0.0200. The second kappa shape index (κ2) is 43.8. The Morgan fingerprint density at radius 3 is 1.43 bits per heavy atom. The second-order valence-corrected chi connectivity index (χ2v) is 17.4. The van der Waals surface area contributed by atoms with Gasteiger partial charge in [-0.25, -0.2) is 9.36 Å². The number of esters is 1. The molecule has 0 rings (SSSR count). The highest BCUT2D eigenvalue weighted by molar-refractivity contribution is 7.47. The Morgan fingerprint density at radius 1 is 0.541 bits per heavy atom. The SMILES string of the molecule is CC/C=C\C/C=C\C/C=C\C/C=C\C/C=C\CCCCCC(=O)NC(COP(=O)(O)OCC(O)COC(=O)CCCCCCCCCCCCCCCCCCCC)C(=O)O. The number of aliphatic hydroxyl groups is 1. The van der Waals surface area contributed by atoms with E-state index in [0.717, 1.165) is 70.6 Å². The summed E-state index contributed by atoms with van der Waals surface area (Å²) in [6.07, 6.45) is 51.0. The lowest BCUT2D eigenvalue weighted by molar-refractivity contribution is -0.147. The van der Waals surface area contributed by atoms with E-state index in [2.05, 4.69) is 79.9 Å². The van der Waals surface area contributed by atoms with Crippen molar-refractivity contribution in [2.24, 2.45) is 0 Å². The molecule has 0 aromatic carbocycles. The number of carbonyl (C=O) groups is 3. The molecule has 0 bridgehead atoms. The van der Waals surface area contributed by atoms with E-state index < -0.39 is 57.6 Å². The smallest absolute Gasteiger partial charge is 0.472 e. The van der Waals surface area contributed by atoms with E-state index in [9.17, 15) is 34.1 Å². The van der Waals surface area contributed by atoms with Crippen LogP contribution in [0.2, 0.25) is 0 Å². The van der Waals surface area contributed by atoms with Gasteiger partial charge in [-0.15, -0.1) is 0 Å². The van der Waals surface area contributed by atoms with Gasteiger partial charge in [-0.05, 0) is 57.8 Å². The number of hydrogen-bond donors (Lipinski definition) is 4. The van der Waals surface area contributed by atoms with Gasteiger partial charge in [0.15, 0.2) is 6.04 Å². The molecule has 0 aromatic heterocycles. The Morgan fingerprint density at radius 2 is 0.951 bits per heavy atom. The lowest BCUT2D eigenvalue weighted by Crippen LogP contribution is -2.43. The molecule has 1 amide bonds. The van der Waals surface area contributed by atoms with Crippen LogP contribution in [0.5, 0.6) is 0 Å². The van der Waals surface area contributed by atoms with Crippen LogP contribution in [-0.2, 0) is 32.7 Å². The Balaban J connectivity index is 3.91. The molecule has 0 saturated carbocycles. The summed E-state index contributed by atoms with van der Waals surface area (Å²) in [5.74, 6) is -2.42. The van der Waals surface area contributed by atoms with E-state index in [4.69, 9.17) is 13.8 Å². The number of nitrogens with one attached hydrogen (secondary N) is 1. The largest absolute Gasteiger partial charge is 0.480 e. The standard InChI is InChI=1S/C49H86NO10P/c1-3-5-7-9-11-13-15-17-19-21-23-24-26-28-30-32-34-36-38-40-47(52)50-46(49(54)55)44-60-61(56,57)59-43-45(51)42-58-48(53)41-39-37-35-33-31-29-27-25-22-20-18-16-14-12-10-8-6-4-2/h5,7,11,13,17,19,23-24,28,30,45-46,51H,3-4,6,8-10,12,14-16,18,20-22,25-27,29,31-44H2,1-2H3,(H,50,52)(H,54,55)(H,56,57)/b7-5-,13-11-,19-17-,24-23-,30-28-. The molecule has 0 saturated heterocycles. The maximum absolute atomic E-state index is 12.3. The molecule has 3 atom stereocenters. The van der Waals surface area contributed by atoms with Crippen LogP contribution >= 0.6 is 7.82 Å². The summed E-state index contributed by atoms with van der Waals surface area (Å²) >= 11 is 0. The lowest BCUT2D eigenvalue weighted by Gasteiger charge is -2.18. The first-order valence-corrected chi connectivity index (χ1v) is 25.3. The first-order valence-electron chi connectivity index (χ1n) is 23.8. The summed E-state index contributed by atoms with van der Waals surface area (Å²) in [6, 6.07) is -1.57. The van der Waals surface area contributed by atoms with E-state index >= 15 is 0 Å². The third-order valence-corrected chi connectivity index (χ3v) is 11.0. The van der Waals surface area contributed by atoms with Crippen molar-refractivity contribution in [2.45, 2.75) is 212 Å². The number of carbonyl (C=O) groups excluding carboxylic acids is 2. The molecule has 61 heavy (non-hydrogen) atoms. The van der Waals surface area contributed by atoms with Crippen molar-refractivity contribution >= 4 is 25.7 Å². The zero-order valence-electron chi connectivity index (χ0n) is 38.2. The number of carboxylic acid groups (broad SMARTS) is 1. The number of allylic oxidation sites excluding steroid dienone is 10. The summed E-state index contributed by atoms with van der Waals surface area (Å²) in [6.45, 7) is 2.47. The molecule has 0 aliphatic carbocycles. The number of rotatable bonds is 44. The molecule has 0 aliphatic heterocycles. The molecular weight excluding hydrogens is 794 g/mol. The van der Waals surface area contributed by atoms with Crippen LogP contribution in [0.1, 0.15) is 200 Å². The van der Waals surface area contributed by atoms with Crippen molar-refractivity contribution in [3.8, 4) is 0 Å². The molecule has 11 nitrogen and oxygen atoms in total. The number of unbranched alkanes of at least 4 members (excludes halogenated alkanes) is 20. The number of ether oxygens (including phenoxy) is 1. The number of aliphatic hydroxyl groups excluding tert-OH is 1. The van der Waals surface area contributed by atoms with Gasteiger partial charge in [0.05, 0.1) is 13.2 Å². The summed E-state index contributed by atoms with van der Waals surface area (Å²) < 4.78 is 26.9. The Labute approximate surface area is 370 Å². The Hall–Kier alpha value is -2.82. The number of aliphatic carboxylic acids is 1. The first kappa shape index (κ1) is 58.2. The van der Waals surface area contributed by atoms with Gasteiger partial charge >= 0.3 is 19.8 Å². The molecule has 12 heteroatoms. The van der Waals surface area contributed by atoms with E-state index in [1.54, 1.807) is 0 Å². The van der Waals surface area contributed by atoms with Crippen molar-refractivity contribution in [3.63, 3.8) is 0 Å². The van der Waals surface area contributed by atoms with Crippen LogP contribution in [0, 0.1) is 0 Å². The zero-order valence-corrected chi connectivity index (χ0v) is 39.1. The van der Waals surface area contributed by atoms with Crippen molar-refractivity contribution in [1.29, 1.82) is 0 Å². The van der Waals surface area contributed by atoms with Gasteiger partial charge in [-0.2, -0.15) is 0 Å². The number of hydrogen-bond acceptors (Lipinski definition) is 8. The minimum atomic E-state index is -4.77. The number of phosphoric acid groups is 1. The van der Waals surface area contributed by atoms with E-state index in [0.29, 0.717) is 12.8 Å².